The van der Waals surface area contributed by atoms with Crippen LogP contribution in [0.3, 0.4) is 0 Å². The van der Waals surface area contributed by atoms with Crippen LogP contribution in [-0.2, 0) is 23.8 Å². The minimum atomic E-state index is -0.907. The third-order valence-electron chi connectivity index (χ3n) is 2.99. The van der Waals surface area contributed by atoms with E-state index in [0.29, 0.717) is 25.0 Å². The summed E-state index contributed by atoms with van der Waals surface area (Å²) in [5.41, 5.74) is 0.442. The SMILES string of the molecule is CCOC(=O)C1=CC(OC)(OC)CC[C@@H]1SC(C)=O. The minimum absolute atomic E-state index is 0.0254. The number of methoxy groups -OCH3 is 2. The van der Waals surface area contributed by atoms with Crippen LogP contribution in [0, 0.1) is 0 Å². The molecule has 1 aliphatic carbocycles. The molecule has 0 aromatic heterocycles. The van der Waals surface area contributed by atoms with Crippen LogP contribution >= 0.6 is 11.8 Å². The molecule has 108 valence electrons. The smallest absolute Gasteiger partial charge is 0.335 e. The Morgan fingerprint density at radius 3 is 2.53 bits per heavy atom. The van der Waals surface area contributed by atoms with Gasteiger partial charge in [0.05, 0.1) is 12.2 Å². The molecule has 19 heavy (non-hydrogen) atoms. The van der Waals surface area contributed by atoms with E-state index in [1.54, 1.807) is 13.0 Å². The summed E-state index contributed by atoms with van der Waals surface area (Å²) >= 11 is 1.14. The van der Waals surface area contributed by atoms with Gasteiger partial charge in [0, 0.05) is 32.8 Å². The zero-order valence-electron chi connectivity index (χ0n) is 11.7. The van der Waals surface area contributed by atoms with Gasteiger partial charge in [-0.05, 0) is 19.4 Å². The first-order valence-corrected chi connectivity index (χ1v) is 7.03. The zero-order chi connectivity index (χ0) is 14.5. The number of hydrogen-bond donors (Lipinski definition) is 0. The summed E-state index contributed by atoms with van der Waals surface area (Å²) in [6.07, 6.45) is 2.85. The van der Waals surface area contributed by atoms with E-state index < -0.39 is 11.8 Å². The first-order chi connectivity index (χ1) is 8.98. The fourth-order valence-corrected chi connectivity index (χ4v) is 2.95. The lowest BCUT2D eigenvalue weighted by molar-refractivity contribution is -0.178. The van der Waals surface area contributed by atoms with Crippen molar-refractivity contribution in [1.82, 2.24) is 0 Å². The van der Waals surface area contributed by atoms with Gasteiger partial charge in [0.25, 0.3) is 0 Å². The van der Waals surface area contributed by atoms with Crippen molar-refractivity contribution in [2.75, 3.05) is 20.8 Å². The first kappa shape index (κ1) is 16.2. The monoisotopic (exact) mass is 288 g/mol. The second-order valence-corrected chi connectivity index (χ2v) is 5.56. The largest absolute Gasteiger partial charge is 0.463 e. The molecule has 1 atom stereocenters. The number of carbonyl (C=O) groups excluding carboxylic acids is 2. The molecule has 0 unspecified atom stereocenters. The Bertz CT molecular complexity index is 373. The molecule has 0 N–H and O–H groups in total. The molecule has 1 rings (SSSR count). The van der Waals surface area contributed by atoms with Crippen molar-refractivity contribution in [2.45, 2.75) is 37.7 Å². The Morgan fingerprint density at radius 2 is 2.05 bits per heavy atom. The molecule has 0 aliphatic heterocycles. The normalized spacial score (nSPS) is 21.7. The third kappa shape index (κ3) is 4.06. The maximum Gasteiger partial charge on any atom is 0.335 e. The summed E-state index contributed by atoms with van der Waals surface area (Å²) in [5, 5.41) is -0.225. The van der Waals surface area contributed by atoms with Crippen LogP contribution in [0.1, 0.15) is 26.7 Å². The van der Waals surface area contributed by atoms with E-state index in [9.17, 15) is 9.59 Å². The summed E-state index contributed by atoms with van der Waals surface area (Å²) in [6.45, 7) is 3.52. The molecule has 0 saturated carbocycles. The maximum absolute atomic E-state index is 12.0. The Balaban J connectivity index is 3.04. The number of carbonyl (C=O) groups is 2. The molecule has 0 aromatic rings. The summed E-state index contributed by atoms with van der Waals surface area (Å²) in [5.74, 6) is -1.32. The van der Waals surface area contributed by atoms with Crippen LogP contribution < -0.4 is 0 Å². The van der Waals surface area contributed by atoms with Gasteiger partial charge in [-0.3, -0.25) is 4.79 Å². The number of rotatable bonds is 5. The topological polar surface area (TPSA) is 61.8 Å². The molecule has 0 bridgehead atoms. The van der Waals surface area contributed by atoms with Gasteiger partial charge in [0.15, 0.2) is 10.9 Å². The van der Waals surface area contributed by atoms with Gasteiger partial charge in [-0.1, -0.05) is 11.8 Å². The molecule has 0 aromatic carbocycles. The maximum atomic E-state index is 12.0. The average molecular weight is 288 g/mol. The molecule has 6 heteroatoms. The molecule has 0 amide bonds. The highest BCUT2D eigenvalue weighted by Gasteiger charge is 2.38. The van der Waals surface area contributed by atoms with E-state index >= 15 is 0 Å². The number of ether oxygens (including phenoxy) is 3. The van der Waals surface area contributed by atoms with Gasteiger partial charge >= 0.3 is 5.97 Å². The molecule has 0 fully saturated rings. The lowest BCUT2D eigenvalue weighted by atomic mass is 9.94. The summed E-state index contributed by atoms with van der Waals surface area (Å²) in [7, 11) is 3.06. The second-order valence-electron chi connectivity index (χ2n) is 4.18. The van der Waals surface area contributed by atoms with Gasteiger partial charge in [0.1, 0.15) is 0 Å². The quantitative estimate of drug-likeness (QED) is 0.569. The summed E-state index contributed by atoms with van der Waals surface area (Å²) < 4.78 is 15.7. The van der Waals surface area contributed by atoms with Crippen molar-refractivity contribution < 1.29 is 23.8 Å². The van der Waals surface area contributed by atoms with Gasteiger partial charge in [-0.25, -0.2) is 4.79 Å². The standard InChI is InChI=1S/C13H20O5S/c1-5-18-12(15)10-8-13(16-3,17-4)7-6-11(10)19-9(2)14/h8,11H,5-7H2,1-4H3/t11-/m0/s1. The van der Waals surface area contributed by atoms with Crippen LogP contribution in [-0.4, -0.2) is 42.9 Å². The molecule has 0 radical (unpaired) electrons. The van der Waals surface area contributed by atoms with Crippen molar-refractivity contribution in [3.63, 3.8) is 0 Å². The van der Waals surface area contributed by atoms with Crippen LogP contribution in [0.15, 0.2) is 11.6 Å². The molecule has 5 nitrogen and oxygen atoms in total. The molecular formula is C13H20O5S. The van der Waals surface area contributed by atoms with E-state index in [4.69, 9.17) is 14.2 Å². The Kier molecular flexibility index (Phi) is 6.03. The fraction of sp³-hybridized carbons (Fsp3) is 0.692. The van der Waals surface area contributed by atoms with Crippen LogP contribution in [0.25, 0.3) is 0 Å². The van der Waals surface area contributed by atoms with Crippen molar-refractivity contribution in [2.24, 2.45) is 0 Å². The molecule has 0 spiro atoms. The average Bonchev–Trinajstić information content (AvgIpc) is 2.39. The predicted molar refractivity (Wildman–Crippen MR) is 72.8 cm³/mol. The van der Waals surface area contributed by atoms with Crippen molar-refractivity contribution in [1.29, 1.82) is 0 Å². The molecule has 0 saturated heterocycles. The van der Waals surface area contributed by atoms with Crippen molar-refractivity contribution in [3.8, 4) is 0 Å². The van der Waals surface area contributed by atoms with E-state index in [0.717, 1.165) is 11.8 Å². The highest BCUT2D eigenvalue weighted by Crippen LogP contribution is 2.37. The minimum Gasteiger partial charge on any atom is -0.463 e. The number of thioether (sulfide) groups is 1. The van der Waals surface area contributed by atoms with Crippen LogP contribution in [0.2, 0.25) is 0 Å². The predicted octanol–water partition coefficient (Wildman–Crippen LogP) is 1.91. The second kappa shape index (κ2) is 7.07. The number of hydrogen-bond acceptors (Lipinski definition) is 6. The van der Waals surface area contributed by atoms with Crippen molar-refractivity contribution in [3.05, 3.63) is 11.6 Å². The lowest BCUT2D eigenvalue weighted by Gasteiger charge is -2.35. The molecule has 1 aliphatic rings. The molecular weight excluding hydrogens is 268 g/mol. The van der Waals surface area contributed by atoms with Gasteiger partial charge in [-0.15, -0.1) is 0 Å². The first-order valence-electron chi connectivity index (χ1n) is 6.15. The fourth-order valence-electron chi connectivity index (χ4n) is 2.02. The van der Waals surface area contributed by atoms with Gasteiger partial charge in [0.2, 0.25) is 0 Å². The highest BCUT2D eigenvalue weighted by atomic mass is 32.2. The lowest BCUT2D eigenvalue weighted by Crippen LogP contribution is -2.39. The van der Waals surface area contributed by atoms with Gasteiger partial charge in [-0.2, -0.15) is 0 Å². The Morgan fingerprint density at radius 1 is 1.42 bits per heavy atom. The van der Waals surface area contributed by atoms with E-state index in [2.05, 4.69) is 0 Å². The van der Waals surface area contributed by atoms with E-state index in [-0.39, 0.29) is 10.4 Å². The third-order valence-corrected chi connectivity index (χ3v) is 4.09. The van der Waals surface area contributed by atoms with Gasteiger partial charge < -0.3 is 14.2 Å². The highest BCUT2D eigenvalue weighted by molar-refractivity contribution is 8.14. The van der Waals surface area contributed by atoms with E-state index in [1.165, 1.54) is 21.1 Å². The Labute approximate surface area is 117 Å². The number of esters is 1. The van der Waals surface area contributed by atoms with Crippen molar-refractivity contribution >= 4 is 22.8 Å². The zero-order valence-corrected chi connectivity index (χ0v) is 12.5. The van der Waals surface area contributed by atoms with Crippen LogP contribution in [0.4, 0.5) is 0 Å². The van der Waals surface area contributed by atoms with Crippen LogP contribution in [0.5, 0.6) is 0 Å². The Hall–Kier alpha value is -0.850. The summed E-state index contributed by atoms with van der Waals surface area (Å²) in [4.78, 5) is 23.2. The molecule has 0 heterocycles. The van der Waals surface area contributed by atoms with E-state index in [1.807, 2.05) is 0 Å². The summed E-state index contributed by atoms with van der Waals surface area (Å²) in [6, 6.07) is 0.